The average molecular weight is 490 g/mol. The molecule has 0 aromatic heterocycles. The Balaban J connectivity index is 2.07. The van der Waals surface area contributed by atoms with Gasteiger partial charge in [-0.3, -0.25) is 18.7 Å². The molecule has 0 amide bonds. The number of ether oxygens (including phenoxy) is 2. The van der Waals surface area contributed by atoms with E-state index < -0.39 is 46.4 Å². The molecule has 34 heavy (non-hydrogen) atoms. The van der Waals surface area contributed by atoms with Crippen LogP contribution in [0, 0.1) is 0 Å². The normalized spacial score (nSPS) is 22.8. The third-order valence-corrected chi connectivity index (χ3v) is 6.19. The molecular weight excluding hydrogens is 458 g/mol. The number of esters is 2. The molecule has 0 radical (unpaired) electrons. The Kier molecular flexibility index (Phi) is 8.82. The number of hydrogen-bond acceptors (Lipinski definition) is 8. The largest absolute Gasteiger partial charge is 0.461 e. The fourth-order valence-corrected chi connectivity index (χ4v) is 5.08. The van der Waals surface area contributed by atoms with E-state index in [0.29, 0.717) is 25.9 Å². The summed E-state index contributed by atoms with van der Waals surface area (Å²) in [7, 11) is -3.91. The van der Waals surface area contributed by atoms with Gasteiger partial charge in [0.1, 0.15) is 18.3 Å². The lowest BCUT2D eigenvalue weighted by Gasteiger charge is -2.46. The molecule has 0 saturated heterocycles. The summed E-state index contributed by atoms with van der Waals surface area (Å²) in [4.78, 5) is 25.8. The van der Waals surface area contributed by atoms with Crippen LogP contribution in [0.15, 0.2) is 60.7 Å². The van der Waals surface area contributed by atoms with Crippen LogP contribution in [-0.4, -0.2) is 55.9 Å². The lowest BCUT2D eigenvalue weighted by Crippen LogP contribution is -2.60. The predicted octanol–water partition coefficient (Wildman–Crippen LogP) is 3.06. The second-order valence-electron chi connectivity index (χ2n) is 8.50. The monoisotopic (exact) mass is 489 g/mol. The molecule has 3 rings (SSSR count). The molecule has 9 heteroatoms. The third kappa shape index (κ3) is 7.65. The molecule has 1 aliphatic rings. The van der Waals surface area contributed by atoms with Crippen LogP contribution < -0.4 is 0 Å². The SMILES string of the molecule is CC(=O)O[C@H]1CC[C@@H](OC(C)=O)[C@H](N(Cc2ccccc2)Cc2ccccc2)[C@@H]1OS(C)(=O)=O. The highest BCUT2D eigenvalue weighted by molar-refractivity contribution is 7.86. The highest BCUT2D eigenvalue weighted by atomic mass is 32.2. The highest BCUT2D eigenvalue weighted by Crippen LogP contribution is 2.33. The summed E-state index contributed by atoms with van der Waals surface area (Å²) >= 11 is 0. The molecule has 2 aromatic rings. The Morgan fingerprint density at radius 1 is 0.824 bits per heavy atom. The molecule has 0 bridgehead atoms. The van der Waals surface area contributed by atoms with Crippen molar-refractivity contribution in [3.8, 4) is 0 Å². The maximum Gasteiger partial charge on any atom is 0.302 e. The van der Waals surface area contributed by atoms with E-state index in [2.05, 4.69) is 0 Å². The van der Waals surface area contributed by atoms with Gasteiger partial charge in [0, 0.05) is 26.9 Å². The first-order chi connectivity index (χ1) is 16.1. The van der Waals surface area contributed by atoms with Crippen LogP contribution in [0.2, 0.25) is 0 Å². The first-order valence-electron chi connectivity index (χ1n) is 11.2. The zero-order valence-corrected chi connectivity index (χ0v) is 20.4. The van der Waals surface area contributed by atoms with Crippen molar-refractivity contribution in [2.45, 2.75) is 64.1 Å². The summed E-state index contributed by atoms with van der Waals surface area (Å²) in [6, 6.07) is 18.7. The van der Waals surface area contributed by atoms with Gasteiger partial charge in [-0.1, -0.05) is 60.7 Å². The Bertz CT molecular complexity index is 1020. The van der Waals surface area contributed by atoms with E-state index in [0.717, 1.165) is 17.4 Å². The smallest absolute Gasteiger partial charge is 0.302 e. The number of nitrogens with zero attached hydrogens (tertiary/aromatic N) is 1. The van der Waals surface area contributed by atoms with Gasteiger partial charge >= 0.3 is 11.9 Å². The van der Waals surface area contributed by atoms with Gasteiger partial charge in [0.2, 0.25) is 0 Å². The van der Waals surface area contributed by atoms with Crippen molar-refractivity contribution in [2.24, 2.45) is 0 Å². The second-order valence-corrected chi connectivity index (χ2v) is 10.1. The van der Waals surface area contributed by atoms with Crippen molar-refractivity contribution < 1.29 is 31.7 Å². The van der Waals surface area contributed by atoms with E-state index >= 15 is 0 Å². The lowest BCUT2D eigenvalue weighted by atomic mass is 9.85. The average Bonchev–Trinajstić information content (AvgIpc) is 2.75. The molecule has 0 heterocycles. The highest BCUT2D eigenvalue weighted by Gasteiger charge is 2.48. The summed E-state index contributed by atoms with van der Waals surface area (Å²) in [5.74, 6) is -1.01. The zero-order valence-electron chi connectivity index (χ0n) is 19.6. The molecule has 0 unspecified atom stereocenters. The zero-order chi connectivity index (χ0) is 24.7. The molecule has 1 fully saturated rings. The summed E-state index contributed by atoms with van der Waals surface area (Å²) in [5, 5.41) is 0. The second kappa shape index (κ2) is 11.6. The minimum Gasteiger partial charge on any atom is -0.461 e. The van der Waals surface area contributed by atoms with Gasteiger partial charge in [0.15, 0.2) is 0 Å². The van der Waals surface area contributed by atoms with Crippen molar-refractivity contribution in [2.75, 3.05) is 6.26 Å². The standard InChI is InChI=1S/C25H31NO7S/c1-18(27)31-22-14-15-23(32-19(2)28)25(33-34(3,29)30)24(22)26(16-20-10-6-4-7-11-20)17-21-12-8-5-9-13-21/h4-13,22-25H,14-17H2,1-3H3/t22-,23+,24+,25-/m1/s1. The Morgan fingerprint density at radius 2 is 1.26 bits per heavy atom. The van der Waals surface area contributed by atoms with Crippen molar-refractivity contribution >= 4 is 22.1 Å². The van der Waals surface area contributed by atoms with Gasteiger partial charge in [0.05, 0.1) is 12.3 Å². The molecule has 0 N–H and O–H groups in total. The van der Waals surface area contributed by atoms with E-state index in [1.165, 1.54) is 13.8 Å². The first kappa shape index (κ1) is 25.9. The molecule has 1 aliphatic carbocycles. The fraction of sp³-hybridized carbons (Fsp3) is 0.440. The minimum atomic E-state index is -3.91. The number of benzene rings is 2. The van der Waals surface area contributed by atoms with Gasteiger partial charge < -0.3 is 9.47 Å². The van der Waals surface area contributed by atoms with E-state index in [1.807, 2.05) is 65.6 Å². The van der Waals surface area contributed by atoms with Gasteiger partial charge in [0.25, 0.3) is 10.1 Å². The summed E-state index contributed by atoms with van der Waals surface area (Å²) < 4.78 is 41.2. The molecule has 2 aromatic carbocycles. The molecule has 8 nitrogen and oxygen atoms in total. The Labute approximate surface area is 200 Å². The topological polar surface area (TPSA) is 99.2 Å². The Morgan fingerprint density at radius 3 is 1.71 bits per heavy atom. The van der Waals surface area contributed by atoms with Gasteiger partial charge in [-0.15, -0.1) is 0 Å². The maximum absolute atomic E-state index is 12.3. The summed E-state index contributed by atoms with van der Waals surface area (Å²) in [6.45, 7) is 3.47. The molecule has 0 spiro atoms. The quantitative estimate of drug-likeness (QED) is 0.392. The van der Waals surface area contributed by atoms with Crippen LogP contribution in [0.1, 0.15) is 37.8 Å². The minimum absolute atomic E-state index is 0.304. The molecule has 0 aliphatic heterocycles. The Hall–Kier alpha value is -2.75. The third-order valence-electron chi connectivity index (χ3n) is 5.62. The molecule has 1 saturated carbocycles. The number of carbonyl (C=O) groups is 2. The predicted molar refractivity (Wildman–Crippen MR) is 126 cm³/mol. The van der Waals surface area contributed by atoms with Crippen LogP contribution in [0.5, 0.6) is 0 Å². The lowest BCUT2D eigenvalue weighted by molar-refractivity contribution is -0.175. The van der Waals surface area contributed by atoms with Crippen LogP contribution in [0.4, 0.5) is 0 Å². The number of rotatable bonds is 9. The van der Waals surface area contributed by atoms with Crippen molar-refractivity contribution in [3.05, 3.63) is 71.8 Å². The number of carbonyl (C=O) groups excluding carboxylic acids is 2. The van der Waals surface area contributed by atoms with Crippen molar-refractivity contribution in [3.63, 3.8) is 0 Å². The van der Waals surface area contributed by atoms with E-state index in [-0.39, 0.29) is 0 Å². The van der Waals surface area contributed by atoms with E-state index in [4.69, 9.17) is 13.7 Å². The fourth-order valence-electron chi connectivity index (χ4n) is 4.44. The van der Waals surface area contributed by atoms with Crippen LogP contribution in [0.3, 0.4) is 0 Å². The maximum atomic E-state index is 12.3. The summed E-state index contributed by atoms with van der Waals surface area (Å²) in [6.07, 6.45) is -0.848. The number of hydrogen-bond donors (Lipinski definition) is 0. The van der Waals surface area contributed by atoms with Crippen molar-refractivity contribution in [1.29, 1.82) is 0 Å². The summed E-state index contributed by atoms with van der Waals surface area (Å²) in [5.41, 5.74) is 1.99. The van der Waals surface area contributed by atoms with Crippen molar-refractivity contribution in [1.82, 2.24) is 4.90 Å². The first-order valence-corrected chi connectivity index (χ1v) is 13.0. The van der Waals surface area contributed by atoms with Crippen LogP contribution in [0.25, 0.3) is 0 Å². The van der Waals surface area contributed by atoms with E-state index in [9.17, 15) is 18.0 Å². The van der Waals surface area contributed by atoms with Gasteiger partial charge in [-0.05, 0) is 24.0 Å². The molecule has 184 valence electrons. The van der Waals surface area contributed by atoms with Gasteiger partial charge in [-0.25, -0.2) is 0 Å². The van der Waals surface area contributed by atoms with E-state index in [1.54, 1.807) is 0 Å². The molecule has 4 atom stereocenters. The van der Waals surface area contributed by atoms with Crippen LogP contribution >= 0.6 is 0 Å². The van der Waals surface area contributed by atoms with Crippen LogP contribution in [-0.2, 0) is 46.5 Å². The van der Waals surface area contributed by atoms with Gasteiger partial charge in [-0.2, -0.15) is 8.42 Å². The molecular formula is C25H31NO7S.